The lowest BCUT2D eigenvalue weighted by Gasteiger charge is -2.30. The first kappa shape index (κ1) is 40.1. The van der Waals surface area contributed by atoms with Gasteiger partial charge in [-0.2, -0.15) is 5.10 Å². The van der Waals surface area contributed by atoms with Gasteiger partial charge in [-0.3, -0.25) is 37.8 Å². The van der Waals surface area contributed by atoms with E-state index in [0.717, 1.165) is 52.4 Å². The molecule has 4 N–H and O–H groups in total. The molecule has 0 aromatic carbocycles. The lowest BCUT2D eigenvalue weighted by molar-refractivity contribution is -0.167. The van der Waals surface area contributed by atoms with Crippen LogP contribution in [-0.2, 0) is 52.0 Å². The van der Waals surface area contributed by atoms with Crippen LogP contribution in [0.5, 0.6) is 0 Å². The van der Waals surface area contributed by atoms with Gasteiger partial charge < -0.3 is 24.7 Å². The predicted molar refractivity (Wildman–Crippen MR) is 186 cm³/mol. The number of rotatable bonds is 14. The molecule has 1 aliphatic heterocycles. The third-order valence-corrected chi connectivity index (χ3v) is 11.5. The van der Waals surface area contributed by atoms with Crippen LogP contribution in [0.4, 0.5) is 5.82 Å². The lowest BCUT2D eigenvalue weighted by atomic mass is 9.98. The van der Waals surface area contributed by atoms with Crippen molar-refractivity contribution in [1.82, 2.24) is 24.8 Å². The minimum atomic E-state index is -4.50. The number of nitrogens with zero attached hydrogens (tertiary/aromatic N) is 4. The third-order valence-electron chi connectivity index (χ3n) is 9.52. The molecule has 2 aromatic heterocycles. The Kier molecular flexibility index (Phi) is 13.1. The van der Waals surface area contributed by atoms with Crippen LogP contribution in [0.15, 0.2) is 18.5 Å². The fourth-order valence-corrected chi connectivity index (χ4v) is 8.71. The normalized spacial score (nSPS) is 25.2. The highest BCUT2D eigenvalue weighted by atomic mass is 31.2. The number of carbonyl (C=O) groups is 4. The van der Waals surface area contributed by atoms with Crippen molar-refractivity contribution >= 4 is 42.9 Å². The van der Waals surface area contributed by atoms with Gasteiger partial charge in [0.05, 0.1) is 5.69 Å². The molecular weight excluding hydrogens is 713 g/mol. The van der Waals surface area contributed by atoms with E-state index in [4.69, 9.17) is 40.5 Å². The van der Waals surface area contributed by atoms with Gasteiger partial charge in [-0.25, -0.2) is 26.2 Å². The number of aromatic nitrogens is 3. The van der Waals surface area contributed by atoms with Crippen molar-refractivity contribution in [3.63, 3.8) is 0 Å². The van der Waals surface area contributed by atoms with E-state index in [9.17, 15) is 23.7 Å². The number of anilines is 1. The summed E-state index contributed by atoms with van der Waals surface area (Å²) in [5.41, 5.74) is 4.40. The van der Waals surface area contributed by atoms with E-state index in [-0.39, 0.29) is 23.7 Å². The van der Waals surface area contributed by atoms with Gasteiger partial charge in [0.2, 0.25) is 6.10 Å². The quantitative estimate of drug-likeness (QED) is 0.108. The first-order valence-corrected chi connectivity index (χ1v) is 19.6. The number of fused-ring (bicyclic) bond motifs is 1. The molecule has 0 bridgehead atoms. The Morgan fingerprint density at radius 2 is 1.49 bits per heavy atom. The summed E-state index contributed by atoms with van der Waals surface area (Å²) in [6.07, 6.45) is 4.88. The van der Waals surface area contributed by atoms with E-state index >= 15 is 0 Å². The second-order valence-corrected chi connectivity index (χ2v) is 15.6. The first-order chi connectivity index (χ1) is 25.2. The molecule has 2 aromatic rings. The van der Waals surface area contributed by atoms with Crippen molar-refractivity contribution in [3.05, 3.63) is 35.6 Å². The Labute approximate surface area is 307 Å². The van der Waals surface area contributed by atoms with Gasteiger partial charge in [0.25, 0.3) is 0 Å². The van der Waals surface area contributed by atoms with Crippen LogP contribution in [0.1, 0.15) is 104 Å². The largest absolute Gasteiger partial charge is 0.461 e. The molecule has 2 saturated carbocycles. The zero-order valence-electron chi connectivity index (χ0n) is 30.4. The second kappa shape index (κ2) is 17.3. The fourth-order valence-electron chi connectivity index (χ4n) is 6.89. The van der Waals surface area contributed by atoms with Gasteiger partial charge >= 0.3 is 37.3 Å². The third kappa shape index (κ3) is 9.70. The molecule has 18 nitrogen and oxygen atoms in total. The molecule has 1 saturated heterocycles. The number of hydrogen-bond donors (Lipinski definition) is 3. The average molecular weight is 762 g/mol. The van der Waals surface area contributed by atoms with E-state index in [1.807, 2.05) is 0 Å². The highest BCUT2D eigenvalue weighted by Crippen LogP contribution is 2.48. The molecule has 0 spiro atoms. The SMILES string of the molecule is [C-]#[N+][C@]1(COP(=O)(N[C@@H](C)C(=O)OC2CCCCC2)N[C@@H](C)C(=O)OC2CCCCC2)O[C@@H](c2ccc3c(N)ncnn23)[C@H](OC(C)=O)[C@@H]1OC(C)=O. The number of nitrogens with two attached hydrogens (primary N) is 1. The highest BCUT2D eigenvalue weighted by molar-refractivity contribution is 7.54. The van der Waals surface area contributed by atoms with Crippen LogP contribution >= 0.6 is 7.67 Å². The van der Waals surface area contributed by atoms with Crippen molar-refractivity contribution in [2.24, 2.45) is 0 Å². The van der Waals surface area contributed by atoms with Gasteiger partial charge in [0.1, 0.15) is 42.2 Å². The lowest BCUT2D eigenvalue weighted by Crippen LogP contribution is -2.49. The number of nitrogens with one attached hydrogen (secondary N) is 2. The highest BCUT2D eigenvalue weighted by Gasteiger charge is 2.67. The van der Waals surface area contributed by atoms with E-state index in [2.05, 4.69) is 25.1 Å². The van der Waals surface area contributed by atoms with Crippen LogP contribution in [0.25, 0.3) is 10.4 Å². The van der Waals surface area contributed by atoms with Gasteiger partial charge in [-0.15, -0.1) is 0 Å². The van der Waals surface area contributed by atoms with Crippen LogP contribution in [0, 0.1) is 6.57 Å². The van der Waals surface area contributed by atoms with Crippen LogP contribution in [-0.4, -0.2) is 87.3 Å². The number of carbonyl (C=O) groups excluding carboxylic acids is 4. The summed E-state index contributed by atoms with van der Waals surface area (Å²) in [7, 11) is -4.50. The molecule has 3 aliphatic rings. The van der Waals surface area contributed by atoms with Gasteiger partial charge in [0, 0.05) is 13.8 Å². The predicted octanol–water partition coefficient (Wildman–Crippen LogP) is 3.69. The number of hydrogen-bond acceptors (Lipinski definition) is 14. The molecule has 3 fully saturated rings. The molecule has 5 rings (SSSR count). The van der Waals surface area contributed by atoms with Crippen LogP contribution < -0.4 is 15.9 Å². The summed E-state index contributed by atoms with van der Waals surface area (Å²) in [4.78, 5) is 58.9. The first-order valence-electron chi connectivity index (χ1n) is 17.9. The maximum atomic E-state index is 14.7. The van der Waals surface area contributed by atoms with Crippen molar-refractivity contribution < 1.29 is 52.0 Å². The number of nitrogen functional groups attached to an aromatic ring is 1. The topological polar surface area (TPSA) is 225 Å². The molecular formula is C34H48N7O11P. The molecule has 6 atom stereocenters. The Bertz CT molecular complexity index is 1690. The van der Waals surface area contributed by atoms with E-state index in [0.29, 0.717) is 31.2 Å². The molecule has 0 unspecified atom stereocenters. The van der Waals surface area contributed by atoms with Crippen molar-refractivity contribution in [2.75, 3.05) is 12.3 Å². The van der Waals surface area contributed by atoms with E-state index in [1.54, 1.807) is 12.1 Å². The van der Waals surface area contributed by atoms with Crippen LogP contribution in [0.2, 0.25) is 0 Å². The Hall–Kier alpha value is -4.14. The smallest absolute Gasteiger partial charge is 0.402 e. The average Bonchev–Trinajstić information content (AvgIpc) is 3.68. The zero-order chi connectivity index (χ0) is 38.3. The molecule has 290 valence electrons. The Balaban J connectivity index is 1.44. The molecule has 3 heterocycles. The Morgan fingerprint density at radius 3 is 2.00 bits per heavy atom. The fraction of sp³-hybridized carbons (Fsp3) is 0.676. The van der Waals surface area contributed by atoms with Gasteiger partial charge in [-0.1, -0.05) is 12.8 Å². The maximum Gasteiger partial charge on any atom is 0.402 e. The van der Waals surface area contributed by atoms with Crippen molar-refractivity contribution in [1.29, 1.82) is 0 Å². The standard InChI is InChI=1S/C34H48N7O11P/c1-20(32(44)50-24-12-8-6-9-13-24)39-53(46,40-21(2)33(45)51-25-14-10-7-11-15-25)47-18-34(36-5)30(49-23(4)43)29(48-22(3)42)28(52-34)26-16-17-27-31(35)37-19-38-41(26)27/h16-17,19-21,24-25,28-30H,6-15,18H2,1-4H3,(H2,35,37,38)(H2,39,40,46)/t20-,21-,28-,29-,30-,34+/m0/s1. The zero-order valence-corrected chi connectivity index (χ0v) is 31.3. The summed E-state index contributed by atoms with van der Waals surface area (Å²) in [6, 6.07) is 0.763. The minimum absolute atomic E-state index is 0.134. The monoisotopic (exact) mass is 761 g/mol. The second-order valence-electron chi connectivity index (χ2n) is 13.7. The summed E-state index contributed by atoms with van der Waals surface area (Å²) in [6.45, 7) is 12.5. The summed E-state index contributed by atoms with van der Waals surface area (Å²) >= 11 is 0. The number of esters is 4. The summed E-state index contributed by atoms with van der Waals surface area (Å²) in [5, 5.41) is 9.54. The number of ether oxygens (including phenoxy) is 5. The summed E-state index contributed by atoms with van der Waals surface area (Å²) < 4.78 is 50.9. The summed E-state index contributed by atoms with van der Waals surface area (Å²) in [5.74, 6) is -2.86. The Morgan fingerprint density at radius 1 is 0.943 bits per heavy atom. The minimum Gasteiger partial charge on any atom is -0.461 e. The molecule has 2 aliphatic carbocycles. The molecule has 0 amide bonds. The van der Waals surface area contributed by atoms with E-state index < -0.39 is 74.3 Å². The maximum absolute atomic E-state index is 14.7. The van der Waals surface area contributed by atoms with E-state index in [1.165, 1.54) is 24.7 Å². The van der Waals surface area contributed by atoms with Crippen molar-refractivity contribution in [2.45, 2.75) is 140 Å². The van der Waals surface area contributed by atoms with Gasteiger partial charge in [-0.05, 0) is 77.3 Å². The van der Waals surface area contributed by atoms with Crippen molar-refractivity contribution in [3.8, 4) is 0 Å². The molecule has 19 heteroatoms. The van der Waals surface area contributed by atoms with Gasteiger partial charge in [0.15, 0.2) is 18.5 Å². The molecule has 0 radical (unpaired) electrons. The van der Waals surface area contributed by atoms with Crippen LogP contribution in [0.3, 0.4) is 0 Å². The molecule has 53 heavy (non-hydrogen) atoms.